The number of nitro groups is 1. The van der Waals surface area contributed by atoms with E-state index in [4.69, 9.17) is 0 Å². The Kier molecular flexibility index (Phi) is 9.52. The molecule has 11 heteroatoms. The number of nitro benzene ring substituents is 1. The molecule has 0 aliphatic heterocycles. The Morgan fingerprint density at radius 3 is 2.43 bits per heavy atom. The molecule has 0 aliphatic carbocycles. The summed E-state index contributed by atoms with van der Waals surface area (Å²) in [5.74, 6) is -0.274. The average Bonchev–Trinajstić information content (AvgIpc) is 2.66. The summed E-state index contributed by atoms with van der Waals surface area (Å²) in [6.45, 7) is 5.05. The van der Waals surface area contributed by atoms with E-state index in [2.05, 4.69) is 10.0 Å². The van der Waals surface area contributed by atoms with Crippen LogP contribution in [0.1, 0.15) is 33.1 Å². The van der Waals surface area contributed by atoms with E-state index < -0.39 is 14.9 Å². The van der Waals surface area contributed by atoms with Crippen LogP contribution < -0.4 is 10.0 Å². The highest BCUT2D eigenvalue weighted by atomic mass is 32.2. The van der Waals surface area contributed by atoms with Gasteiger partial charge in [-0.15, -0.1) is 0 Å². The van der Waals surface area contributed by atoms with E-state index in [9.17, 15) is 28.1 Å². The molecule has 1 rings (SSSR count). The van der Waals surface area contributed by atoms with Crippen LogP contribution in [0.4, 0.5) is 5.69 Å². The normalized spacial score (nSPS) is 11.1. The Hall–Kier alpha value is -2.53. The molecular formula is C17H26N4O6S. The largest absolute Gasteiger partial charge is 0.355 e. The second kappa shape index (κ2) is 11.3. The maximum atomic E-state index is 12.1. The summed E-state index contributed by atoms with van der Waals surface area (Å²) in [7, 11) is -3.91. The third kappa shape index (κ3) is 7.61. The lowest BCUT2D eigenvalue weighted by Crippen LogP contribution is -2.35. The lowest BCUT2D eigenvalue weighted by atomic mass is 10.2. The number of rotatable bonds is 12. The monoisotopic (exact) mass is 414 g/mol. The van der Waals surface area contributed by atoms with Gasteiger partial charge < -0.3 is 10.2 Å². The fourth-order valence-corrected chi connectivity index (χ4v) is 3.53. The summed E-state index contributed by atoms with van der Waals surface area (Å²) in [5, 5.41) is 13.3. The fourth-order valence-electron chi connectivity index (χ4n) is 2.46. The van der Waals surface area contributed by atoms with Gasteiger partial charge in [-0.05, 0) is 26.3 Å². The summed E-state index contributed by atoms with van der Waals surface area (Å²) >= 11 is 0. The van der Waals surface area contributed by atoms with Crippen LogP contribution in [0.2, 0.25) is 0 Å². The van der Waals surface area contributed by atoms with Crippen molar-refractivity contribution < 1.29 is 22.9 Å². The molecule has 0 bridgehead atoms. The standard InChI is InChI=1S/C17H26N4O6S/c1-3-20(4-2)17(23)10-6-9-16(22)18-11-12-19-28(26,27)15-8-5-7-14(13-15)21(24)25/h5,7-8,13,19H,3-4,6,9-12H2,1-2H3,(H,18,22). The van der Waals surface area contributed by atoms with Crippen molar-refractivity contribution in [2.24, 2.45) is 0 Å². The van der Waals surface area contributed by atoms with Gasteiger partial charge in [0.15, 0.2) is 0 Å². The van der Waals surface area contributed by atoms with Gasteiger partial charge in [-0.3, -0.25) is 19.7 Å². The third-order valence-corrected chi connectivity index (χ3v) is 5.45. The molecule has 10 nitrogen and oxygen atoms in total. The molecule has 2 amide bonds. The van der Waals surface area contributed by atoms with Crippen molar-refractivity contribution in [2.45, 2.75) is 38.0 Å². The number of hydrogen-bond acceptors (Lipinski definition) is 6. The average molecular weight is 414 g/mol. The van der Waals surface area contributed by atoms with Gasteiger partial charge in [-0.25, -0.2) is 13.1 Å². The highest BCUT2D eigenvalue weighted by Crippen LogP contribution is 2.16. The highest BCUT2D eigenvalue weighted by Gasteiger charge is 2.17. The second-order valence-electron chi connectivity index (χ2n) is 5.92. The van der Waals surface area contributed by atoms with Crippen molar-refractivity contribution in [3.8, 4) is 0 Å². The van der Waals surface area contributed by atoms with Gasteiger partial charge in [-0.1, -0.05) is 6.07 Å². The fraction of sp³-hybridized carbons (Fsp3) is 0.529. The van der Waals surface area contributed by atoms with Gasteiger partial charge in [0.05, 0.1) is 9.82 Å². The lowest BCUT2D eigenvalue weighted by Gasteiger charge is -2.18. The van der Waals surface area contributed by atoms with Crippen LogP contribution in [-0.2, 0) is 19.6 Å². The van der Waals surface area contributed by atoms with Crippen LogP contribution in [0.25, 0.3) is 0 Å². The lowest BCUT2D eigenvalue weighted by molar-refractivity contribution is -0.385. The molecule has 0 saturated carbocycles. The molecule has 0 radical (unpaired) electrons. The molecule has 28 heavy (non-hydrogen) atoms. The molecule has 1 aromatic carbocycles. The summed E-state index contributed by atoms with van der Waals surface area (Å²) in [4.78, 5) is 35.1. The van der Waals surface area contributed by atoms with Crippen molar-refractivity contribution in [3.63, 3.8) is 0 Å². The van der Waals surface area contributed by atoms with Crippen LogP contribution in [-0.4, -0.2) is 56.2 Å². The maximum absolute atomic E-state index is 12.1. The SMILES string of the molecule is CCN(CC)C(=O)CCCC(=O)NCCNS(=O)(=O)c1cccc([N+](=O)[O-])c1. The minimum Gasteiger partial charge on any atom is -0.355 e. The van der Waals surface area contributed by atoms with Crippen LogP contribution in [0.3, 0.4) is 0 Å². The predicted octanol–water partition coefficient (Wildman–Crippen LogP) is 1.03. The minimum atomic E-state index is -3.91. The zero-order chi connectivity index (χ0) is 21.2. The van der Waals surface area contributed by atoms with Gasteiger partial charge in [0.1, 0.15) is 0 Å². The van der Waals surface area contributed by atoms with Crippen LogP contribution in [0, 0.1) is 10.1 Å². The van der Waals surface area contributed by atoms with E-state index in [0.29, 0.717) is 19.5 Å². The van der Waals surface area contributed by atoms with Crippen LogP contribution in [0.5, 0.6) is 0 Å². The van der Waals surface area contributed by atoms with E-state index in [-0.39, 0.29) is 48.3 Å². The molecule has 1 aromatic rings. The van der Waals surface area contributed by atoms with Gasteiger partial charge in [0.25, 0.3) is 5.69 Å². The first-order chi connectivity index (χ1) is 13.2. The molecule has 0 atom stereocenters. The zero-order valence-electron chi connectivity index (χ0n) is 16.0. The smallest absolute Gasteiger partial charge is 0.270 e. The quantitative estimate of drug-likeness (QED) is 0.297. The van der Waals surface area contributed by atoms with Crippen molar-refractivity contribution in [1.82, 2.24) is 14.9 Å². The summed E-state index contributed by atoms with van der Waals surface area (Å²) < 4.78 is 26.5. The van der Waals surface area contributed by atoms with Crippen LogP contribution in [0.15, 0.2) is 29.2 Å². The molecule has 0 aliphatic rings. The van der Waals surface area contributed by atoms with E-state index in [0.717, 1.165) is 6.07 Å². The van der Waals surface area contributed by atoms with Gasteiger partial charge in [0, 0.05) is 51.2 Å². The number of amides is 2. The number of hydrogen-bond donors (Lipinski definition) is 2. The Morgan fingerprint density at radius 1 is 1.14 bits per heavy atom. The molecule has 156 valence electrons. The molecule has 0 saturated heterocycles. The first-order valence-electron chi connectivity index (χ1n) is 8.99. The number of sulfonamides is 1. The Bertz CT molecular complexity index is 793. The van der Waals surface area contributed by atoms with E-state index in [1.54, 1.807) is 4.90 Å². The number of nitrogens with one attached hydrogen (secondary N) is 2. The van der Waals surface area contributed by atoms with E-state index in [1.807, 2.05) is 13.8 Å². The molecule has 0 aromatic heterocycles. The van der Waals surface area contributed by atoms with E-state index >= 15 is 0 Å². The second-order valence-corrected chi connectivity index (χ2v) is 7.69. The predicted molar refractivity (Wildman–Crippen MR) is 103 cm³/mol. The molecule has 0 fully saturated rings. The molecule has 0 heterocycles. The summed E-state index contributed by atoms with van der Waals surface area (Å²) in [5.41, 5.74) is -0.324. The van der Waals surface area contributed by atoms with Crippen molar-refractivity contribution in [1.29, 1.82) is 0 Å². The number of carbonyl (C=O) groups is 2. The molecule has 0 spiro atoms. The van der Waals surface area contributed by atoms with Crippen molar-refractivity contribution >= 4 is 27.5 Å². The Morgan fingerprint density at radius 2 is 1.82 bits per heavy atom. The topological polar surface area (TPSA) is 139 Å². The Balaban J connectivity index is 2.36. The molecular weight excluding hydrogens is 388 g/mol. The first-order valence-corrected chi connectivity index (χ1v) is 10.5. The van der Waals surface area contributed by atoms with Gasteiger partial charge >= 0.3 is 0 Å². The minimum absolute atomic E-state index is 0.00233. The Labute approximate surface area is 164 Å². The first kappa shape index (κ1) is 23.5. The molecule has 0 unspecified atom stereocenters. The number of benzene rings is 1. The van der Waals surface area contributed by atoms with Crippen molar-refractivity contribution in [2.75, 3.05) is 26.2 Å². The summed E-state index contributed by atoms with van der Waals surface area (Å²) in [6.07, 6.45) is 0.875. The van der Waals surface area contributed by atoms with Crippen LogP contribution >= 0.6 is 0 Å². The summed E-state index contributed by atoms with van der Waals surface area (Å²) in [6, 6.07) is 4.70. The zero-order valence-corrected chi connectivity index (χ0v) is 16.8. The molecule has 2 N–H and O–H groups in total. The third-order valence-electron chi connectivity index (χ3n) is 3.99. The van der Waals surface area contributed by atoms with E-state index in [1.165, 1.54) is 18.2 Å². The number of non-ortho nitro benzene ring substituents is 1. The van der Waals surface area contributed by atoms with Gasteiger partial charge in [-0.2, -0.15) is 0 Å². The number of nitrogens with zero attached hydrogens (tertiary/aromatic N) is 2. The maximum Gasteiger partial charge on any atom is 0.270 e. The van der Waals surface area contributed by atoms with Gasteiger partial charge in [0.2, 0.25) is 21.8 Å². The highest BCUT2D eigenvalue weighted by molar-refractivity contribution is 7.89. The number of carbonyl (C=O) groups excluding carboxylic acids is 2. The van der Waals surface area contributed by atoms with Crippen molar-refractivity contribution in [3.05, 3.63) is 34.4 Å².